The van der Waals surface area contributed by atoms with Gasteiger partial charge in [-0.1, -0.05) is 11.6 Å². The highest BCUT2D eigenvalue weighted by atomic mass is 35.5. The van der Waals surface area contributed by atoms with Gasteiger partial charge in [0.15, 0.2) is 11.6 Å². The third-order valence-corrected chi connectivity index (χ3v) is 5.18. The van der Waals surface area contributed by atoms with Crippen LogP contribution in [-0.4, -0.2) is 21.6 Å². The van der Waals surface area contributed by atoms with Crippen molar-refractivity contribution in [2.75, 3.05) is 7.11 Å². The largest absolute Gasteiger partial charge is 0.479 e. The van der Waals surface area contributed by atoms with Crippen LogP contribution in [0.3, 0.4) is 0 Å². The van der Waals surface area contributed by atoms with E-state index < -0.39 is 10.7 Å². The zero-order valence-electron chi connectivity index (χ0n) is 16.8. The Morgan fingerprint density at radius 1 is 1.16 bits per heavy atom. The van der Waals surface area contributed by atoms with Crippen molar-refractivity contribution in [1.29, 1.82) is 0 Å². The van der Waals surface area contributed by atoms with Crippen molar-refractivity contribution >= 4 is 28.2 Å². The fourth-order valence-electron chi connectivity index (χ4n) is 3.52. The van der Waals surface area contributed by atoms with E-state index in [-0.39, 0.29) is 22.2 Å². The van der Waals surface area contributed by atoms with E-state index in [2.05, 4.69) is 4.98 Å². The van der Waals surface area contributed by atoms with Crippen molar-refractivity contribution in [3.05, 3.63) is 75.3 Å². The fourth-order valence-corrected chi connectivity index (χ4v) is 3.68. The van der Waals surface area contributed by atoms with Gasteiger partial charge in [0.05, 0.1) is 12.0 Å². The molecule has 0 aliphatic carbocycles. The number of aromatic nitrogens is 2. The van der Waals surface area contributed by atoms with Crippen LogP contribution in [0, 0.1) is 22.9 Å². The zero-order chi connectivity index (χ0) is 22.3. The molecular formula is C22H17ClFN3O4. The summed E-state index contributed by atoms with van der Waals surface area (Å²) in [6, 6.07) is 8.80. The van der Waals surface area contributed by atoms with Gasteiger partial charge in [0, 0.05) is 52.6 Å². The maximum Gasteiger partial charge on any atom is 0.273 e. The Labute approximate surface area is 181 Å². The van der Waals surface area contributed by atoms with Gasteiger partial charge in [0.2, 0.25) is 5.88 Å². The number of hydrogen-bond acceptors (Lipinski definition) is 5. The molecule has 0 N–H and O–H groups in total. The van der Waals surface area contributed by atoms with Gasteiger partial charge in [-0.15, -0.1) is 0 Å². The lowest BCUT2D eigenvalue weighted by Gasteiger charge is -2.13. The summed E-state index contributed by atoms with van der Waals surface area (Å²) in [5.41, 5.74) is 2.12. The monoisotopic (exact) mass is 441 g/mol. The molecule has 4 aromatic rings. The zero-order valence-corrected chi connectivity index (χ0v) is 17.6. The van der Waals surface area contributed by atoms with E-state index in [1.165, 1.54) is 31.4 Å². The first-order valence-corrected chi connectivity index (χ1v) is 9.58. The highest BCUT2D eigenvalue weighted by Gasteiger charge is 2.22. The predicted octanol–water partition coefficient (Wildman–Crippen LogP) is 6.05. The van der Waals surface area contributed by atoms with E-state index >= 15 is 0 Å². The molecular weight excluding hydrogens is 425 g/mol. The predicted molar refractivity (Wildman–Crippen MR) is 116 cm³/mol. The molecule has 0 fully saturated rings. The second-order valence-electron chi connectivity index (χ2n) is 6.94. The maximum atomic E-state index is 14.4. The van der Waals surface area contributed by atoms with Gasteiger partial charge in [-0.3, -0.25) is 10.1 Å². The van der Waals surface area contributed by atoms with E-state index in [9.17, 15) is 14.5 Å². The lowest BCUT2D eigenvalue weighted by atomic mass is 10.0. The van der Waals surface area contributed by atoms with Crippen LogP contribution in [-0.2, 0) is 7.05 Å². The third kappa shape index (κ3) is 3.66. The van der Waals surface area contributed by atoms with Crippen molar-refractivity contribution in [2.24, 2.45) is 7.05 Å². The van der Waals surface area contributed by atoms with Crippen LogP contribution in [0.25, 0.3) is 22.0 Å². The van der Waals surface area contributed by atoms with E-state index in [0.717, 1.165) is 11.5 Å². The molecule has 9 heteroatoms. The first-order valence-electron chi connectivity index (χ1n) is 9.20. The number of ether oxygens (including phenoxy) is 2. The molecule has 0 bridgehead atoms. The van der Waals surface area contributed by atoms with Gasteiger partial charge < -0.3 is 14.0 Å². The first-order chi connectivity index (χ1) is 14.8. The van der Waals surface area contributed by atoms with Crippen molar-refractivity contribution in [2.45, 2.75) is 6.92 Å². The van der Waals surface area contributed by atoms with Gasteiger partial charge >= 0.3 is 0 Å². The average molecular weight is 442 g/mol. The Bertz CT molecular complexity index is 1340. The summed E-state index contributed by atoms with van der Waals surface area (Å²) in [7, 11) is 3.33. The SMILES string of the molecule is COc1nccc2c(-c3cc([N+](=O)[O-])c(C)cc3Oc3ccc(Cl)cc3F)cn(C)c12. The van der Waals surface area contributed by atoms with Gasteiger partial charge in [0.25, 0.3) is 5.69 Å². The number of fused-ring (bicyclic) bond motifs is 1. The molecule has 0 radical (unpaired) electrons. The molecule has 0 aliphatic heterocycles. The molecule has 2 aromatic carbocycles. The van der Waals surface area contributed by atoms with Crippen LogP contribution in [0.5, 0.6) is 17.4 Å². The number of rotatable bonds is 5. The van der Waals surface area contributed by atoms with E-state index in [1.54, 1.807) is 25.4 Å². The second kappa shape index (κ2) is 7.88. The summed E-state index contributed by atoms with van der Waals surface area (Å²) in [6.45, 7) is 1.60. The Morgan fingerprint density at radius 2 is 1.94 bits per heavy atom. The Morgan fingerprint density at radius 3 is 2.61 bits per heavy atom. The average Bonchev–Trinajstić information content (AvgIpc) is 3.06. The Hall–Kier alpha value is -3.65. The standard InChI is InChI=1S/C22H17ClFN3O4/c1-12-8-20(31-19-5-4-13(23)9-17(19)24)15(10-18(12)27(28)29)16-11-26(2)21-14(16)6-7-25-22(21)30-3/h4-11H,1-3H3. The van der Waals surface area contributed by atoms with Gasteiger partial charge in [-0.2, -0.15) is 0 Å². The minimum absolute atomic E-state index is 0.0432. The minimum Gasteiger partial charge on any atom is -0.479 e. The summed E-state index contributed by atoms with van der Waals surface area (Å²) < 4.78 is 27.4. The number of halogens is 2. The van der Waals surface area contributed by atoms with Crippen molar-refractivity contribution in [3.63, 3.8) is 0 Å². The molecule has 0 atom stereocenters. The minimum atomic E-state index is -0.641. The van der Waals surface area contributed by atoms with E-state index in [0.29, 0.717) is 28.1 Å². The molecule has 0 spiro atoms. The summed E-state index contributed by atoms with van der Waals surface area (Å²) in [6.07, 6.45) is 3.39. The number of aryl methyl sites for hydroxylation is 2. The summed E-state index contributed by atoms with van der Waals surface area (Å²) >= 11 is 5.83. The van der Waals surface area contributed by atoms with Crippen LogP contribution >= 0.6 is 11.6 Å². The van der Waals surface area contributed by atoms with E-state index in [1.807, 2.05) is 11.6 Å². The van der Waals surface area contributed by atoms with Crippen LogP contribution in [0.1, 0.15) is 5.56 Å². The van der Waals surface area contributed by atoms with Crippen LogP contribution in [0.15, 0.2) is 48.8 Å². The Balaban J connectivity index is 1.97. The number of nitrogens with zero attached hydrogens (tertiary/aromatic N) is 3. The number of hydrogen-bond donors (Lipinski definition) is 0. The first kappa shape index (κ1) is 20.6. The molecule has 0 aliphatic rings. The normalized spacial score (nSPS) is 11.0. The summed E-state index contributed by atoms with van der Waals surface area (Å²) in [5.74, 6) is 0.00306. The van der Waals surface area contributed by atoms with Crippen molar-refractivity contribution < 1.29 is 18.8 Å². The number of methoxy groups -OCH3 is 1. The molecule has 4 rings (SSSR count). The van der Waals surface area contributed by atoms with Crippen LogP contribution < -0.4 is 9.47 Å². The molecule has 31 heavy (non-hydrogen) atoms. The lowest BCUT2D eigenvalue weighted by Crippen LogP contribution is -1.97. The molecule has 0 amide bonds. The number of nitro groups is 1. The smallest absolute Gasteiger partial charge is 0.273 e. The molecule has 0 unspecified atom stereocenters. The second-order valence-corrected chi connectivity index (χ2v) is 7.38. The molecule has 2 heterocycles. The highest BCUT2D eigenvalue weighted by Crippen LogP contribution is 2.43. The molecule has 0 saturated heterocycles. The molecule has 2 aromatic heterocycles. The molecule has 0 saturated carbocycles. The fraction of sp³-hybridized carbons (Fsp3) is 0.136. The maximum absolute atomic E-state index is 14.4. The summed E-state index contributed by atoms with van der Waals surface area (Å²) in [4.78, 5) is 15.3. The Kier molecular flexibility index (Phi) is 5.24. The van der Waals surface area contributed by atoms with Crippen molar-refractivity contribution in [1.82, 2.24) is 9.55 Å². The highest BCUT2D eigenvalue weighted by molar-refractivity contribution is 6.30. The van der Waals surface area contributed by atoms with Crippen molar-refractivity contribution in [3.8, 4) is 28.5 Å². The molecule has 158 valence electrons. The van der Waals surface area contributed by atoms with Crippen LogP contribution in [0.4, 0.5) is 10.1 Å². The topological polar surface area (TPSA) is 79.4 Å². The molecule has 7 nitrogen and oxygen atoms in total. The lowest BCUT2D eigenvalue weighted by molar-refractivity contribution is -0.385. The summed E-state index contributed by atoms with van der Waals surface area (Å²) in [5, 5.41) is 12.6. The van der Waals surface area contributed by atoms with Gasteiger partial charge in [-0.25, -0.2) is 9.37 Å². The van der Waals surface area contributed by atoms with Gasteiger partial charge in [-0.05, 0) is 37.3 Å². The van der Waals surface area contributed by atoms with E-state index in [4.69, 9.17) is 21.1 Å². The number of nitro benzene ring substituents is 1. The quantitative estimate of drug-likeness (QED) is 0.278. The van der Waals surface area contributed by atoms with Crippen LogP contribution in [0.2, 0.25) is 5.02 Å². The van der Waals surface area contributed by atoms with Gasteiger partial charge in [0.1, 0.15) is 11.3 Å². The third-order valence-electron chi connectivity index (χ3n) is 4.95. The number of benzene rings is 2. The number of pyridine rings is 1.